The van der Waals surface area contributed by atoms with Gasteiger partial charge in [-0.25, -0.2) is 8.78 Å². The maximum absolute atomic E-state index is 13.4. The zero-order valence-corrected chi connectivity index (χ0v) is 17.2. The number of pyridine rings is 1. The van der Waals surface area contributed by atoms with Gasteiger partial charge >= 0.3 is 0 Å². The van der Waals surface area contributed by atoms with Gasteiger partial charge in [-0.2, -0.15) is 0 Å². The highest BCUT2D eigenvalue weighted by molar-refractivity contribution is 5.93. The van der Waals surface area contributed by atoms with E-state index in [9.17, 15) is 23.2 Å². The Balaban J connectivity index is 1.55. The third-order valence-corrected chi connectivity index (χ3v) is 4.43. The Morgan fingerprint density at radius 3 is 2.47 bits per heavy atom. The van der Waals surface area contributed by atoms with E-state index >= 15 is 0 Å². The lowest BCUT2D eigenvalue weighted by Gasteiger charge is -2.10. The second-order valence-electron chi connectivity index (χ2n) is 6.91. The quantitative estimate of drug-likeness (QED) is 0.526. The van der Waals surface area contributed by atoms with Gasteiger partial charge in [0, 0.05) is 18.8 Å². The van der Waals surface area contributed by atoms with Crippen LogP contribution in [0.25, 0.3) is 0 Å². The van der Waals surface area contributed by atoms with Gasteiger partial charge in [-0.1, -0.05) is 6.07 Å². The molecule has 0 spiro atoms. The molecule has 2 aromatic carbocycles. The summed E-state index contributed by atoms with van der Waals surface area (Å²) in [6, 6.07) is 13.0. The van der Waals surface area contributed by atoms with Crippen molar-refractivity contribution in [3.63, 3.8) is 0 Å². The van der Waals surface area contributed by atoms with Crippen LogP contribution < -0.4 is 20.9 Å². The largest absolute Gasteiger partial charge is 0.492 e. The molecule has 2 amide bonds. The van der Waals surface area contributed by atoms with Crippen LogP contribution in [0.4, 0.5) is 14.5 Å². The first-order valence-electron chi connectivity index (χ1n) is 9.75. The zero-order chi connectivity index (χ0) is 23.1. The SMILES string of the molecule is CC(=O)Nc1ccc(OCCNC(=O)c2cccn(Cc3ccc(F)c(F)c3)c2=O)cc1. The number of carbonyl (C=O) groups excluding carboxylic acids is 2. The topological polar surface area (TPSA) is 89.4 Å². The lowest BCUT2D eigenvalue weighted by atomic mass is 10.2. The molecule has 7 nitrogen and oxygen atoms in total. The minimum atomic E-state index is -1.01. The van der Waals surface area contributed by atoms with E-state index in [1.54, 1.807) is 24.3 Å². The van der Waals surface area contributed by atoms with Crippen LogP contribution in [-0.2, 0) is 11.3 Å². The van der Waals surface area contributed by atoms with Gasteiger partial charge in [0.15, 0.2) is 11.6 Å². The van der Waals surface area contributed by atoms with Crippen LogP contribution in [0, 0.1) is 11.6 Å². The standard InChI is InChI=1S/C23H21F2N3O4/c1-15(29)27-17-5-7-18(8-6-17)32-12-10-26-22(30)19-3-2-11-28(23(19)31)14-16-4-9-20(24)21(25)13-16/h2-9,11,13H,10,12,14H2,1H3,(H,26,30)(H,27,29). The number of anilines is 1. The number of amides is 2. The first-order chi connectivity index (χ1) is 15.3. The average Bonchev–Trinajstić information content (AvgIpc) is 2.76. The van der Waals surface area contributed by atoms with Crippen molar-refractivity contribution < 1.29 is 23.1 Å². The number of halogens is 2. The summed E-state index contributed by atoms with van der Waals surface area (Å²) >= 11 is 0. The molecule has 0 aliphatic heterocycles. The van der Waals surface area contributed by atoms with Gasteiger partial charge in [0.1, 0.15) is 17.9 Å². The third kappa shape index (κ3) is 6.00. The first-order valence-corrected chi connectivity index (χ1v) is 9.75. The van der Waals surface area contributed by atoms with Crippen LogP contribution in [0.2, 0.25) is 0 Å². The van der Waals surface area contributed by atoms with Crippen LogP contribution in [0.5, 0.6) is 5.75 Å². The molecule has 0 saturated heterocycles. The number of nitrogens with zero attached hydrogens (tertiary/aromatic N) is 1. The van der Waals surface area contributed by atoms with E-state index in [0.717, 1.165) is 12.1 Å². The van der Waals surface area contributed by atoms with Gasteiger partial charge in [0.2, 0.25) is 5.91 Å². The highest BCUT2D eigenvalue weighted by Crippen LogP contribution is 2.15. The highest BCUT2D eigenvalue weighted by Gasteiger charge is 2.12. The van der Waals surface area contributed by atoms with Crippen molar-refractivity contribution in [1.29, 1.82) is 0 Å². The Labute approximate surface area is 182 Å². The fourth-order valence-electron chi connectivity index (χ4n) is 2.94. The molecule has 0 aliphatic carbocycles. The summed E-state index contributed by atoms with van der Waals surface area (Å²) in [6.07, 6.45) is 1.47. The van der Waals surface area contributed by atoms with Crippen molar-refractivity contribution in [3.05, 3.63) is 93.9 Å². The third-order valence-electron chi connectivity index (χ3n) is 4.43. The molecule has 0 fully saturated rings. The van der Waals surface area contributed by atoms with Gasteiger partial charge in [0.05, 0.1) is 13.1 Å². The van der Waals surface area contributed by atoms with Gasteiger partial charge < -0.3 is 19.9 Å². The maximum Gasteiger partial charge on any atom is 0.263 e. The molecule has 0 unspecified atom stereocenters. The van der Waals surface area contributed by atoms with E-state index in [1.807, 2.05) is 0 Å². The van der Waals surface area contributed by atoms with Crippen LogP contribution in [0.3, 0.4) is 0 Å². The predicted octanol–water partition coefficient (Wildman–Crippen LogP) is 2.94. The number of ether oxygens (including phenoxy) is 1. The molecule has 0 aliphatic rings. The van der Waals surface area contributed by atoms with E-state index in [4.69, 9.17) is 4.74 Å². The number of aromatic nitrogens is 1. The summed E-state index contributed by atoms with van der Waals surface area (Å²) in [4.78, 5) is 36.0. The molecule has 0 saturated carbocycles. The van der Waals surface area contributed by atoms with Crippen LogP contribution in [-0.4, -0.2) is 29.5 Å². The van der Waals surface area contributed by atoms with Gasteiger partial charge in [-0.3, -0.25) is 14.4 Å². The van der Waals surface area contributed by atoms with Crippen molar-refractivity contribution in [2.24, 2.45) is 0 Å². The van der Waals surface area contributed by atoms with E-state index in [2.05, 4.69) is 10.6 Å². The van der Waals surface area contributed by atoms with E-state index in [1.165, 1.54) is 35.9 Å². The first kappa shape index (κ1) is 22.7. The van der Waals surface area contributed by atoms with Crippen molar-refractivity contribution in [1.82, 2.24) is 9.88 Å². The number of rotatable bonds is 8. The minimum Gasteiger partial charge on any atom is -0.492 e. The zero-order valence-electron chi connectivity index (χ0n) is 17.2. The van der Waals surface area contributed by atoms with Crippen molar-refractivity contribution in [3.8, 4) is 5.75 Å². The minimum absolute atomic E-state index is 0.00521. The van der Waals surface area contributed by atoms with Crippen molar-refractivity contribution in [2.75, 3.05) is 18.5 Å². The smallest absolute Gasteiger partial charge is 0.263 e. The molecule has 2 N–H and O–H groups in total. The Bertz CT molecular complexity index is 1180. The molecule has 9 heteroatoms. The van der Waals surface area contributed by atoms with Crippen molar-refractivity contribution in [2.45, 2.75) is 13.5 Å². The number of carbonyl (C=O) groups is 2. The summed E-state index contributed by atoms with van der Waals surface area (Å²) in [6.45, 7) is 1.73. The molecular formula is C23H21F2N3O4. The van der Waals surface area contributed by atoms with E-state index in [0.29, 0.717) is 17.0 Å². The normalized spacial score (nSPS) is 10.5. The lowest BCUT2D eigenvalue weighted by Crippen LogP contribution is -2.34. The van der Waals surface area contributed by atoms with Crippen molar-refractivity contribution >= 4 is 17.5 Å². The highest BCUT2D eigenvalue weighted by atomic mass is 19.2. The summed E-state index contributed by atoms with van der Waals surface area (Å²) in [5, 5.41) is 5.26. The van der Waals surface area contributed by atoms with E-state index < -0.39 is 23.1 Å². The second-order valence-corrected chi connectivity index (χ2v) is 6.91. The van der Waals surface area contributed by atoms with Gasteiger partial charge in [0.25, 0.3) is 11.5 Å². The number of hydrogen-bond donors (Lipinski definition) is 2. The van der Waals surface area contributed by atoms with Crippen LogP contribution in [0.15, 0.2) is 65.6 Å². The molecule has 3 rings (SSSR count). The predicted molar refractivity (Wildman–Crippen MR) is 115 cm³/mol. The fraction of sp³-hybridized carbons (Fsp3) is 0.174. The average molecular weight is 441 g/mol. The molecule has 3 aromatic rings. The molecular weight excluding hydrogens is 420 g/mol. The second kappa shape index (κ2) is 10.3. The summed E-state index contributed by atoms with van der Waals surface area (Å²) < 4.78 is 33.3. The molecule has 1 aromatic heterocycles. The molecule has 32 heavy (non-hydrogen) atoms. The Morgan fingerprint density at radius 2 is 1.78 bits per heavy atom. The monoisotopic (exact) mass is 441 g/mol. The summed E-state index contributed by atoms with van der Waals surface area (Å²) in [5.41, 5.74) is 0.405. The Hall–Kier alpha value is -4.01. The molecule has 0 atom stereocenters. The molecule has 0 radical (unpaired) electrons. The maximum atomic E-state index is 13.4. The Kier molecular flexibility index (Phi) is 7.33. The summed E-state index contributed by atoms with van der Waals surface area (Å²) in [5.74, 6) is -2.17. The van der Waals surface area contributed by atoms with Gasteiger partial charge in [-0.05, 0) is 54.1 Å². The van der Waals surface area contributed by atoms with Gasteiger partial charge in [-0.15, -0.1) is 0 Å². The lowest BCUT2D eigenvalue weighted by molar-refractivity contribution is -0.114. The van der Waals surface area contributed by atoms with Crippen LogP contribution >= 0.6 is 0 Å². The number of benzene rings is 2. The van der Waals surface area contributed by atoms with Crippen LogP contribution in [0.1, 0.15) is 22.8 Å². The number of nitrogens with one attached hydrogen (secondary N) is 2. The summed E-state index contributed by atoms with van der Waals surface area (Å²) in [7, 11) is 0. The molecule has 166 valence electrons. The molecule has 0 bridgehead atoms. The fourth-order valence-corrected chi connectivity index (χ4v) is 2.94. The van der Waals surface area contributed by atoms with E-state index in [-0.39, 0.29) is 31.2 Å². The molecule has 1 heterocycles. The number of hydrogen-bond acceptors (Lipinski definition) is 4. The Morgan fingerprint density at radius 1 is 1.03 bits per heavy atom.